The second-order valence-electron chi connectivity index (χ2n) is 8.49. The molecule has 0 saturated heterocycles. The minimum absolute atomic E-state index is 0.0121. The molecule has 4 rings (SSSR count). The molecular weight excluding hydrogens is 476 g/mol. The Kier molecular flexibility index (Phi) is 7.84. The average Bonchev–Trinajstić information content (AvgIpc) is 3.47. The number of hydrogen-bond acceptors (Lipinski definition) is 6. The van der Waals surface area contributed by atoms with Gasteiger partial charge in [0.05, 0.1) is 25.0 Å². The molecule has 0 aliphatic heterocycles. The molecule has 2 aromatic heterocycles. The highest BCUT2D eigenvalue weighted by atomic mass is 35.5. The van der Waals surface area contributed by atoms with E-state index in [2.05, 4.69) is 20.4 Å². The molecule has 2 heterocycles. The van der Waals surface area contributed by atoms with E-state index in [1.807, 2.05) is 42.3 Å². The molecule has 11 heteroatoms. The van der Waals surface area contributed by atoms with Crippen molar-refractivity contribution in [3.8, 4) is 0 Å². The average molecular weight is 502 g/mol. The molecule has 0 amide bonds. The van der Waals surface area contributed by atoms with Crippen molar-refractivity contribution in [1.82, 2.24) is 34.7 Å². The lowest BCUT2D eigenvalue weighted by Gasteiger charge is -2.34. The normalized spacial score (nSPS) is 13.3. The first-order valence-electron chi connectivity index (χ1n) is 11.2. The van der Waals surface area contributed by atoms with Gasteiger partial charge in [-0.2, -0.15) is 5.10 Å². The topological polar surface area (TPSA) is 84.9 Å². The zero-order valence-corrected chi connectivity index (χ0v) is 20.0. The van der Waals surface area contributed by atoms with E-state index in [1.54, 1.807) is 4.68 Å². The Morgan fingerprint density at radius 1 is 1.11 bits per heavy atom. The number of aliphatic hydroxyl groups is 1. The molecule has 1 unspecified atom stereocenters. The number of rotatable bonds is 11. The number of nitrogens with zero attached hydrogens (tertiary/aromatic N) is 7. The van der Waals surface area contributed by atoms with E-state index in [0.717, 1.165) is 24.1 Å². The molecule has 0 bridgehead atoms. The zero-order chi connectivity index (χ0) is 24.8. The van der Waals surface area contributed by atoms with Crippen LogP contribution in [0.4, 0.5) is 8.78 Å². The third-order valence-corrected chi connectivity index (χ3v) is 5.83. The van der Waals surface area contributed by atoms with E-state index in [1.165, 1.54) is 23.4 Å². The molecule has 0 radical (unpaired) electrons. The predicted molar refractivity (Wildman–Crippen MR) is 126 cm³/mol. The van der Waals surface area contributed by atoms with Crippen LogP contribution in [0.5, 0.6) is 0 Å². The highest BCUT2D eigenvalue weighted by molar-refractivity contribution is 6.30. The molecule has 0 saturated carbocycles. The summed E-state index contributed by atoms with van der Waals surface area (Å²) in [4.78, 5) is 5.88. The fraction of sp³-hybridized carbons (Fsp3) is 0.333. The van der Waals surface area contributed by atoms with Crippen LogP contribution in [-0.4, -0.2) is 52.9 Å². The summed E-state index contributed by atoms with van der Waals surface area (Å²) < 4.78 is 31.5. The number of benzene rings is 2. The van der Waals surface area contributed by atoms with Crippen LogP contribution >= 0.6 is 11.6 Å². The maximum atomic E-state index is 14.8. The molecule has 1 atom stereocenters. The summed E-state index contributed by atoms with van der Waals surface area (Å²) in [6, 6.07) is 10.7. The van der Waals surface area contributed by atoms with Gasteiger partial charge in [-0.25, -0.2) is 23.1 Å². The molecular formula is C24H26ClF2N7O. The van der Waals surface area contributed by atoms with Gasteiger partial charge < -0.3 is 5.11 Å². The maximum absolute atomic E-state index is 14.8. The van der Waals surface area contributed by atoms with Gasteiger partial charge in [0.1, 0.15) is 29.9 Å². The summed E-state index contributed by atoms with van der Waals surface area (Å²) in [5.41, 5.74) is 0.0298. The Labute approximate surface area is 206 Å². The number of hydrogen-bond donors (Lipinski definition) is 1. The van der Waals surface area contributed by atoms with Crippen molar-refractivity contribution in [2.24, 2.45) is 0 Å². The molecule has 4 aromatic rings. The van der Waals surface area contributed by atoms with Crippen LogP contribution in [0, 0.1) is 11.6 Å². The van der Waals surface area contributed by atoms with Crippen molar-refractivity contribution in [2.45, 2.75) is 38.6 Å². The summed E-state index contributed by atoms with van der Waals surface area (Å²) in [6.07, 6.45) is 5.42. The largest absolute Gasteiger partial charge is 0.382 e. The fourth-order valence-electron chi connectivity index (χ4n) is 4.06. The summed E-state index contributed by atoms with van der Waals surface area (Å²) in [5, 5.41) is 24.9. The van der Waals surface area contributed by atoms with E-state index in [-0.39, 0.29) is 18.7 Å². The van der Waals surface area contributed by atoms with Crippen LogP contribution in [0.1, 0.15) is 30.2 Å². The molecule has 1 N–H and O–H groups in total. The number of halogens is 3. The summed E-state index contributed by atoms with van der Waals surface area (Å²) in [7, 11) is 0. The van der Waals surface area contributed by atoms with Crippen LogP contribution in [-0.2, 0) is 25.2 Å². The van der Waals surface area contributed by atoms with Gasteiger partial charge in [0.25, 0.3) is 0 Å². The van der Waals surface area contributed by atoms with Crippen molar-refractivity contribution >= 4 is 11.6 Å². The summed E-state index contributed by atoms with van der Waals surface area (Å²) in [6.45, 7) is 3.56. The minimum atomic E-state index is -1.69. The van der Waals surface area contributed by atoms with E-state index >= 15 is 0 Å². The van der Waals surface area contributed by atoms with Gasteiger partial charge in [0.15, 0.2) is 0 Å². The van der Waals surface area contributed by atoms with Gasteiger partial charge in [0, 0.05) is 29.7 Å². The second-order valence-corrected chi connectivity index (χ2v) is 8.93. The molecule has 0 fully saturated rings. The van der Waals surface area contributed by atoms with Crippen LogP contribution in [0.25, 0.3) is 0 Å². The van der Waals surface area contributed by atoms with E-state index in [9.17, 15) is 13.9 Å². The van der Waals surface area contributed by atoms with Crippen molar-refractivity contribution in [3.05, 3.63) is 94.8 Å². The van der Waals surface area contributed by atoms with Crippen molar-refractivity contribution in [2.75, 3.05) is 13.1 Å². The van der Waals surface area contributed by atoms with Crippen LogP contribution in [0.3, 0.4) is 0 Å². The van der Waals surface area contributed by atoms with Crippen molar-refractivity contribution in [3.63, 3.8) is 0 Å². The summed E-state index contributed by atoms with van der Waals surface area (Å²) >= 11 is 5.95. The van der Waals surface area contributed by atoms with Crippen LogP contribution in [0.15, 0.2) is 61.3 Å². The van der Waals surface area contributed by atoms with Crippen molar-refractivity contribution in [1.29, 1.82) is 0 Å². The molecule has 8 nitrogen and oxygen atoms in total. The highest BCUT2D eigenvalue weighted by Gasteiger charge is 2.35. The van der Waals surface area contributed by atoms with Gasteiger partial charge >= 0.3 is 0 Å². The van der Waals surface area contributed by atoms with Crippen LogP contribution in [0.2, 0.25) is 5.02 Å². The fourth-order valence-corrected chi connectivity index (χ4v) is 4.19. The van der Waals surface area contributed by atoms with E-state index in [4.69, 9.17) is 11.6 Å². The molecule has 184 valence electrons. The summed E-state index contributed by atoms with van der Waals surface area (Å²) in [5.74, 6) is -1.53. The lowest BCUT2D eigenvalue weighted by atomic mass is 9.92. The quantitative estimate of drug-likeness (QED) is 0.338. The van der Waals surface area contributed by atoms with Gasteiger partial charge in [-0.05, 0) is 36.7 Å². The Morgan fingerprint density at radius 2 is 1.91 bits per heavy atom. The third-order valence-electron chi connectivity index (χ3n) is 5.58. The van der Waals surface area contributed by atoms with Gasteiger partial charge in [0.2, 0.25) is 0 Å². The Hall–Kier alpha value is -3.21. The van der Waals surface area contributed by atoms with Gasteiger partial charge in [-0.15, -0.1) is 5.10 Å². The third kappa shape index (κ3) is 6.47. The van der Waals surface area contributed by atoms with Crippen LogP contribution < -0.4 is 0 Å². The zero-order valence-electron chi connectivity index (χ0n) is 19.2. The number of aromatic nitrogens is 6. The SMILES string of the molecule is CCCN(Cc1cn(Cc2ccc(Cl)cc2)nn1)CC(O)(Cn1cncn1)c1ccc(F)cc1F. The highest BCUT2D eigenvalue weighted by Crippen LogP contribution is 2.28. The first-order valence-corrected chi connectivity index (χ1v) is 11.6. The molecule has 0 aliphatic carbocycles. The lowest BCUT2D eigenvalue weighted by Crippen LogP contribution is -2.44. The Morgan fingerprint density at radius 3 is 2.60 bits per heavy atom. The molecule has 2 aromatic carbocycles. The Balaban J connectivity index is 1.54. The first kappa shape index (κ1) is 24.9. The predicted octanol–water partition coefficient (Wildman–Crippen LogP) is 3.65. The van der Waals surface area contributed by atoms with Gasteiger partial charge in [-0.1, -0.05) is 41.9 Å². The molecule has 0 aliphatic rings. The lowest BCUT2D eigenvalue weighted by molar-refractivity contribution is -0.0239. The van der Waals surface area contributed by atoms with E-state index < -0.39 is 17.2 Å². The Bertz CT molecular complexity index is 1230. The first-order chi connectivity index (χ1) is 16.8. The second kappa shape index (κ2) is 11.0. The van der Waals surface area contributed by atoms with E-state index in [0.29, 0.717) is 30.4 Å². The van der Waals surface area contributed by atoms with Crippen molar-refractivity contribution < 1.29 is 13.9 Å². The van der Waals surface area contributed by atoms with Gasteiger partial charge in [-0.3, -0.25) is 4.90 Å². The smallest absolute Gasteiger partial charge is 0.137 e. The maximum Gasteiger partial charge on any atom is 0.137 e. The molecule has 0 spiro atoms. The standard InChI is InChI=1S/C24H26ClF2N7O/c1-2-9-32(12-21-13-33(31-30-21)11-18-3-5-19(25)6-4-18)14-24(35,15-34-17-28-16-29-34)22-8-7-20(26)10-23(22)27/h3-8,10,13,16-17,35H,2,9,11-12,14-15H2,1H3. The monoisotopic (exact) mass is 501 g/mol. The molecule has 35 heavy (non-hydrogen) atoms. The minimum Gasteiger partial charge on any atom is -0.382 e.